The molecule has 0 aliphatic heterocycles. The van der Waals surface area contributed by atoms with Crippen molar-refractivity contribution in [1.82, 2.24) is 4.90 Å². The number of hydrogen-bond acceptors (Lipinski definition) is 3. The highest BCUT2D eigenvalue weighted by atomic mass is 16.5. The number of benzene rings is 1. The summed E-state index contributed by atoms with van der Waals surface area (Å²) in [5, 5.41) is 8.67. The number of aliphatic hydroxyl groups is 1. The third-order valence-electron chi connectivity index (χ3n) is 3.44. The van der Waals surface area contributed by atoms with Gasteiger partial charge in [0.05, 0.1) is 6.61 Å². The van der Waals surface area contributed by atoms with Gasteiger partial charge in [-0.3, -0.25) is 4.90 Å². The number of aliphatic hydroxyl groups excluding tert-OH is 1. The molecule has 1 aliphatic rings. The lowest BCUT2D eigenvalue weighted by atomic mass is 10.2. The average molecular weight is 273 g/mol. The van der Waals surface area contributed by atoms with Gasteiger partial charge in [-0.05, 0) is 43.7 Å². The molecule has 2 rings (SSSR count). The molecule has 1 fully saturated rings. The summed E-state index contributed by atoms with van der Waals surface area (Å²) in [5.41, 5.74) is 0.957. The summed E-state index contributed by atoms with van der Waals surface area (Å²) in [4.78, 5) is 2.48. The number of ether oxygens (including phenoxy) is 1. The van der Waals surface area contributed by atoms with Crippen LogP contribution in [0, 0.1) is 11.8 Å². The van der Waals surface area contributed by atoms with Crippen LogP contribution in [0.5, 0.6) is 5.75 Å². The summed E-state index contributed by atoms with van der Waals surface area (Å²) in [5.74, 6) is 6.81. The van der Waals surface area contributed by atoms with E-state index in [1.165, 1.54) is 12.8 Å². The van der Waals surface area contributed by atoms with Gasteiger partial charge in [0.15, 0.2) is 0 Å². The van der Waals surface area contributed by atoms with Gasteiger partial charge >= 0.3 is 0 Å². The Morgan fingerprint density at radius 3 is 2.65 bits per heavy atom. The lowest BCUT2D eigenvalue weighted by molar-refractivity contribution is 0.209. The fraction of sp³-hybridized carbons (Fsp3) is 0.529. The van der Waals surface area contributed by atoms with Crippen LogP contribution in [-0.2, 0) is 0 Å². The van der Waals surface area contributed by atoms with Crippen LogP contribution in [0.4, 0.5) is 0 Å². The van der Waals surface area contributed by atoms with Crippen LogP contribution in [0.3, 0.4) is 0 Å². The van der Waals surface area contributed by atoms with Crippen LogP contribution in [0.1, 0.15) is 31.7 Å². The standard InChI is InChI=1S/C17H23NO2/c1-2-18(16-8-9-16)12-14-20-17-10-6-15(7-11-17)5-3-4-13-19/h6-7,10-11,16,19H,2,4,8-9,12-14H2,1H3. The largest absolute Gasteiger partial charge is 0.492 e. The molecule has 3 heteroatoms. The topological polar surface area (TPSA) is 32.7 Å². The van der Waals surface area contributed by atoms with E-state index in [0.29, 0.717) is 6.42 Å². The molecule has 0 bridgehead atoms. The minimum Gasteiger partial charge on any atom is -0.492 e. The first-order valence-electron chi connectivity index (χ1n) is 7.40. The Morgan fingerprint density at radius 2 is 2.05 bits per heavy atom. The van der Waals surface area contributed by atoms with Gasteiger partial charge in [-0.1, -0.05) is 18.8 Å². The second kappa shape index (κ2) is 7.94. The van der Waals surface area contributed by atoms with Crippen LogP contribution in [0.25, 0.3) is 0 Å². The van der Waals surface area contributed by atoms with E-state index in [1.54, 1.807) is 0 Å². The lowest BCUT2D eigenvalue weighted by Gasteiger charge is -2.19. The monoisotopic (exact) mass is 273 g/mol. The Kier molecular flexibility index (Phi) is 5.91. The van der Waals surface area contributed by atoms with Gasteiger partial charge in [-0.25, -0.2) is 0 Å². The number of hydrogen-bond donors (Lipinski definition) is 1. The minimum absolute atomic E-state index is 0.114. The Balaban J connectivity index is 1.74. The van der Waals surface area contributed by atoms with E-state index in [0.717, 1.165) is 37.1 Å². The van der Waals surface area contributed by atoms with Crippen molar-refractivity contribution in [1.29, 1.82) is 0 Å². The third kappa shape index (κ3) is 4.88. The fourth-order valence-corrected chi connectivity index (χ4v) is 2.17. The summed E-state index contributed by atoms with van der Waals surface area (Å²) >= 11 is 0. The minimum atomic E-state index is 0.114. The van der Waals surface area contributed by atoms with Gasteiger partial charge in [0.2, 0.25) is 0 Å². The highest BCUT2D eigenvalue weighted by Crippen LogP contribution is 2.26. The first kappa shape index (κ1) is 14.9. The molecule has 0 unspecified atom stereocenters. The van der Waals surface area contributed by atoms with Crippen LogP contribution in [0.15, 0.2) is 24.3 Å². The number of likely N-dealkylation sites (N-methyl/N-ethyl adjacent to an activating group) is 1. The van der Waals surface area contributed by atoms with Crippen molar-refractivity contribution < 1.29 is 9.84 Å². The predicted molar refractivity (Wildman–Crippen MR) is 80.8 cm³/mol. The molecule has 0 heterocycles. The summed E-state index contributed by atoms with van der Waals surface area (Å²) in [6.07, 6.45) is 3.20. The van der Waals surface area contributed by atoms with E-state index in [1.807, 2.05) is 24.3 Å². The van der Waals surface area contributed by atoms with E-state index >= 15 is 0 Å². The van der Waals surface area contributed by atoms with E-state index in [4.69, 9.17) is 9.84 Å². The highest BCUT2D eigenvalue weighted by Gasteiger charge is 2.27. The zero-order chi connectivity index (χ0) is 14.2. The maximum Gasteiger partial charge on any atom is 0.119 e. The SMILES string of the molecule is CCN(CCOc1ccc(C#CCCO)cc1)C1CC1. The zero-order valence-corrected chi connectivity index (χ0v) is 12.1. The molecule has 0 saturated heterocycles. The molecule has 1 aromatic carbocycles. The van der Waals surface area contributed by atoms with Crippen molar-refractivity contribution in [2.75, 3.05) is 26.3 Å². The van der Waals surface area contributed by atoms with Gasteiger partial charge < -0.3 is 9.84 Å². The zero-order valence-electron chi connectivity index (χ0n) is 12.1. The smallest absolute Gasteiger partial charge is 0.119 e. The average Bonchev–Trinajstić information content (AvgIpc) is 3.30. The predicted octanol–water partition coefficient (Wildman–Crippen LogP) is 2.28. The summed E-state index contributed by atoms with van der Waals surface area (Å²) < 4.78 is 5.77. The third-order valence-corrected chi connectivity index (χ3v) is 3.44. The van der Waals surface area contributed by atoms with Crippen molar-refractivity contribution in [3.05, 3.63) is 29.8 Å². The maximum absolute atomic E-state index is 8.67. The second-order valence-corrected chi connectivity index (χ2v) is 5.01. The maximum atomic E-state index is 8.67. The van der Waals surface area contributed by atoms with E-state index < -0.39 is 0 Å². The molecule has 0 aromatic heterocycles. The Bertz CT molecular complexity index is 454. The molecule has 0 amide bonds. The number of nitrogens with zero attached hydrogens (tertiary/aromatic N) is 1. The fourth-order valence-electron chi connectivity index (χ4n) is 2.17. The van der Waals surface area contributed by atoms with Crippen LogP contribution in [-0.4, -0.2) is 42.4 Å². The second-order valence-electron chi connectivity index (χ2n) is 5.01. The van der Waals surface area contributed by atoms with Gasteiger partial charge in [0.25, 0.3) is 0 Å². The first-order valence-corrected chi connectivity index (χ1v) is 7.40. The molecule has 20 heavy (non-hydrogen) atoms. The molecule has 108 valence electrons. The molecular weight excluding hydrogens is 250 g/mol. The van der Waals surface area contributed by atoms with E-state index in [9.17, 15) is 0 Å². The van der Waals surface area contributed by atoms with Crippen molar-refractivity contribution in [2.24, 2.45) is 0 Å². The van der Waals surface area contributed by atoms with Crippen molar-refractivity contribution in [3.63, 3.8) is 0 Å². The van der Waals surface area contributed by atoms with Crippen LogP contribution >= 0.6 is 0 Å². The highest BCUT2D eigenvalue weighted by molar-refractivity contribution is 5.38. The molecule has 1 N–H and O–H groups in total. The molecule has 1 saturated carbocycles. The van der Waals surface area contributed by atoms with E-state index in [2.05, 4.69) is 23.7 Å². The molecule has 0 radical (unpaired) electrons. The Hall–Kier alpha value is -1.50. The Morgan fingerprint density at radius 1 is 1.30 bits per heavy atom. The quantitative estimate of drug-likeness (QED) is 0.774. The Labute approximate surface area is 121 Å². The van der Waals surface area contributed by atoms with Gasteiger partial charge in [0.1, 0.15) is 12.4 Å². The molecular formula is C17H23NO2. The molecule has 3 nitrogen and oxygen atoms in total. The van der Waals surface area contributed by atoms with Gasteiger partial charge in [0, 0.05) is 24.6 Å². The molecule has 0 atom stereocenters. The van der Waals surface area contributed by atoms with Crippen LogP contribution in [0.2, 0.25) is 0 Å². The molecule has 1 aliphatic carbocycles. The normalized spacial score (nSPS) is 13.9. The summed E-state index contributed by atoms with van der Waals surface area (Å²) in [7, 11) is 0. The van der Waals surface area contributed by atoms with Crippen molar-refractivity contribution >= 4 is 0 Å². The summed E-state index contributed by atoms with van der Waals surface area (Å²) in [6.45, 7) is 5.16. The van der Waals surface area contributed by atoms with Crippen molar-refractivity contribution in [3.8, 4) is 17.6 Å². The van der Waals surface area contributed by atoms with E-state index in [-0.39, 0.29) is 6.61 Å². The number of rotatable bonds is 7. The van der Waals surface area contributed by atoms with Gasteiger partial charge in [-0.2, -0.15) is 0 Å². The van der Waals surface area contributed by atoms with Crippen molar-refractivity contribution in [2.45, 2.75) is 32.2 Å². The lowest BCUT2D eigenvalue weighted by Crippen LogP contribution is -2.30. The van der Waals surface area contributed by atoms with Crippen LogP contribution < -0.4 is 4.74 Å². The first-order chi connectivity index (χ1) is 9.83. The van der Waals surface area contributed by atoms with Gasteiger partial charge in [-0.15, -0.1) is 0 Å². The molecule has 0 spiro atoms. The molecule has 1 aromatic rings. The summed E-state index contributed by atoms with van der Waals surface area (Å²) in [6, 6.07) is 8.62.